The van der Waals surface area contributed by atoms with Crippen molar-refractivity contribution in [1.82, 2.24) is 0 Å². The number of furan rings is 1. The third-order valence-electron chi connectivity index (χ3n) is 3.79. The van der Waals surface area contributed by atoms with Crippen molar-refractivity contribution in [1.29, 1.82) is 5.26 Å². The predicted octanol–water partition coefficient (Wildman–Crippen LogP) is 3.97. The van der Waals surface area contributed by atoms with E-state index in [1.165, 1.54) is 0 Å². The average molecular weight is 276 g/mol. The number of nitrogens with two attached hydrogens (primary N) is 1. The lowest BCUT2D eigenvalue weighted by atomic mass is 10.00. The summed E-state index contributed by atoms with van der Waals surface area (Å²) < 4.78 is 5.96. The van der Waals surface area contributed by atoms with Crippen LogP contribution in [0.4, 0.5) is 0 Å². The topological polar surface area (TPSA) is 63.0 Å². The van der Waals surface area contributed by atoms with Gasteiger partial charge in [0.15, 0.2) is 0 Å². The molecule has 0 aliphatic carbocycles. The van der Waals surface area contributed by atoms with Crippen LogP contribution >= 0.6 is 0 Å². The van der Waals surface area contributed by atoms with Gasteiger partial charge in [-0.15, -0.1) is 0 Å². The van der Waals surface area contributed by atoms with Crippen molar-refractivity contribution in [3.05, 3.63) is 70.5 Å². The van der Waals surface area contributed by atoms with Crippen LogP contribution in [-0.4, -0.2) is 0 Å². The third kappa shape index (κ3) is 2.31. The number of hydrogen-bond acceptors (Lipinski definition) is 3. The summed E-state index contributed by atoms with van der Waals surface area (Å²) in [5.41, 5.74) is 10.9. The number of nitriles is 1. The second-order valence-corrected chi connectivity index (χ2v) is 5.31. The van der Waals surface area contributed by atoms with E-state index >= 15 is 0 Å². The lowest BCUT2D eigenvalue weighted by molar-refractivity contribution is 0.521. The van der Waals surface area contributed by atoms with Crippen LogP contribution in [0.25, 0.3) is 11.0 Å². The minimum absolute atomic E-state index is 0.369. The Labute approximate surface area is 123 Å². The molecule has 1 atom stereocenters. The maximum Gasteiger partial charge on any atom is 0.134 e. The van der Waals surface area contributed by atoms with Gasteiger partial charge in [0.2, 0.25) is 0 Å². The molecular weight excluding hydrogens is 260 g/mol. The molecule has 1 aromatic heterocycles. The highest BCUT2D eigenvalue weighted by atomic mass is 16.3. The molecule has 3 nitrogen and oxygen atoms in total. The number of benzene rings is 2. The van der Waals surface area contributed by atoms with Crippen LogP contribution in [0.5, 0.6) is 0 Å². The molecule has 0 aliphatic rings. The van der Waals surface area contributed by atoms with Crippen molar-refractivity contribution < 1.29 is 4.42 Å². The van der Waals surface area contributed by atoms with Crippen LogP contribution in [0.15, 0.2) is 46.9 Å². The van der Waals surface area contributed by atoms with Crippen molar-refractivity contribution in [2.24, 2.45) is 5.73 Å². The van der Waals surface area contributed by atoms with Crippen LogP contribution in [0, 0.1) is 25.2 Å². The van der Waals surface area contributed by atoms with E-state index in [9.17, 15) is 0 Å². The fraction of sp³-hybridized carbons (Fsp3) is 0.167. The quantitative estimate of drug-likeness (QED) is 0.770. The fourth-order valence-electron chi connectivity index (χ4n) is 2.60. The highest BCUT2D eigenvalue weighted by Crippen LogP contribution is 2.32. The minimum atomic E-state index is -0.369. The Balaban J connectivity index is 2.11. The maximum absolute atomic E-state index is 9.00. The summed E-state index contributed by atoms with van der Waals surface area (Å²) in [5.74, 6) is 0.755. The summed E-state index contributed by atoms with van der Waals surface area (Å²) >= 11 is 0. The fourth-order valence-corrected chi connectivity index (χ4v) is 2.60. The number of nitrogens with zero attached hydrogens (tertiary/aromatic N) is 1. The molecular formula is C18H16N2O. The molecule has 0 amide bonds. The van der Waals surface area contributed by atoms with E-state index < -0.39 is 0 Å². The second kappa shape index (κ2) is 5.08. The monoisotopic (exact) mass is 276 g/mol. The molecule has 0 bridgehead atoms. The molecule has 104 valence electrons. The molecule has 2 aromatic carbocycles. The lowest BCUT2D eigenvalue weighted by Gasteiger charge is -2.10. The molecule has 0 fully saturated rings. The van der Waals surface area contributed by atoms with Gasteiger partial charge < -0.3 is 10.2 Å². The van der Waals surface area contributed by atoms with E-state index in [1.54, 1.807) is 6.07 Å². The Morgan fingerprint density at radius 2 is 1.95 bits per heavy atom. The Kier molecular flexibility index (Phi) is 3.25. The molecule has 0 aliphatic heterocycles. The minimum Gasteiger partial charge on any atom is -0.459 e. The standard InChI is InChI=1S/C18H16N2O/c1-11-6-7-15-12(2)18(21-16(15)8-11)17(20)14-5-3-4-13(9-14)10-19/h3-9,17H,20H2,1-2H3. The molecule has 3 heteroatoms. The first kappa shape index (κ1) is 13.4. The van der Waals surface area contributed by atoms with Crippen LogP contribution in [0.2, 0.25) is 0 Å². The second-order valence-electron chi connectivity index (χ2n) is 5.31. The van der Waals surface area contributed by atoms with Gasteiger partial charge in [-0.1, -0.05) is 24.3 Å². The summed E-state index contributed by atoms with van der Waals surface area (Å²) in [6.45, 7) is 4.05. The van der Waals surface area contributed by atoms with Gasteiger partial charge in [-0.05, 0) is 43.2 Å². The zero-order valence-corrected chi connectivity index (χ0v) is 12.1. The first-order chi connectivity index (χ1) is 10.1. The van der Waals surface area contributed by atoms with Crippen LogP contribution in [-0.2, 0) is 0 Å². The molecule has 0 saturated carbocycles. The zero-order valence-electron chi connectivity index (χ0n) is 12.1. The Morgan fingerprint density at radius 3 is 2.71 bits per heavy atom. The van der Waals surface area contributed by atoms with Crippen molar-refractivity contribution in [2.45, 2.75) is 19.9 Å². The molecule has 2 N–H and O–H groups in total. The predicted molar refractivity (Wildman–Crippen MR) is 82.9 cm³/mol. The highest BCUT2D eigenvalue weighted by molar-refractivity contribution is 5.83. The van der Waals surface area contributed by atoms with Gasteiger partial charge in [-0.2, -0.15) is 5.26 Å². The largest absolute Gasteiger partial charge is 0.459 e. The van der Waals surface area contributed by atoms with Crippen LogP contribution in [0.3, 0.4) is 0 Å². The van der Waals surface area contributed by atoms with E-state index in [0.717, 1.165) is 33.4 Å². The summed E-state index contributed by atoms with van der Waals surface area (Å²) in [6, 6.07) is 15.3. The number of aryl methyl sites for hydroxylation is 2. The first-order valence-corrected chi connectivity index (χ1v) is 6.85. The summed E-state index contributed by atoms with van der Waals surface area (Å²) in [5, 5.41) is 10.1. The molecule has 3 rings (SSSR count). The third-order valence-corrected chi connectivity index (χ3v) is 3.79. The zero-order chi connectivity index (χ0) is 15.0. The van der Waals surface area contributed by atoms with Crippen LogP contribution in [0.1, 0.15) is 34.1 Å². The molecule has 21 heavy (non-hydrogen) atoms. The number of hydrogen-bond donors (Lipinski definition) is 1. The molecule has 0 saturated heterocycles. The Bertz CT molecular complexity index is 855. The smallest absolute Gasteiger partial charge is 0.134 e. The van der Waals surface area contributed by atoms with Gasteiger partial charge in [0, 0.05) is 10.9 Å². The van der Waals surface area contributed by atoms with Crippen LogP contribution < -0.4 is 5.73 Å². The normalized spacial score (nSPS) is 12.3. The van der Waals surface area contributed by atoms with Gasteiger partial charge in [-0.3, -0.25) is 0 Å². The van der Waals surface area contributed by atoms with Crippen molar-refractivity contribution in [3.63, 3.8) is 0 Å². The van der Waals surface area contributed by atoms with E-state index in [2.05, 4.69) is 18.2 Å². The molecule has 3 aromatic rings. The SMILES string of the molecule is Cc1ccc2c(C)c(C(N)c3cccc(C#N)c3)oc2c1. The first-order valence-electron chi connectivity index (χ1n) is 6.85. The average Bonchev–Trinajstić information content (AvgIpc) is 2.83. The summed E-state index contributed by atoms with van der Waals surface area (Å²) in [4.78, 5) is 0. The molecule has 0 spiro atoms. The highest BCUT2D eigenvalue weighted by Gasteiger charge is 2.19. The van der Waals surface area contributed by atoms with Gasteiger partial charge in [0.1, 0.15) is 11.3 Å². The van der Waals surface area contributed by atoms with Crippen molar-refractivity contribution >= 4 is 11.0 Å². The lowest BCUT2D eigenvalue weighted by Crippen LogP contribution is -2.12. The van der Waals surface area contributed by atoms with E-state index in [0.29, 0.717) is 5.56 Å². The van der Waals surface area contributed by atoms with E-state index in [4.69, 9.17) is 15.4 Å². The molecule has 1 heterocycles. The number of fused-ring (bicyclic) bond motifs is 1. The molecule has 1 unspecified atom stereocenters. The summed E-state index contributed by atoms with van der Waals surface area (Å²) in [6.07, 6.45) is 0. The Hall–Kier alpha value is -2.57. The van der Waals surface area contributed by atoms with Crippen molar-refractivity contribution in [2.75, 3.05) is 0 Å². The van der Waals surface area contributed by atoms with Gasteiger partial charge >= 0.3 is 0 Å². The summed E-state index contributed by atoms with van der Waals surface area (Å²) in [7, 11) is 0. The van der Waals surface area contributed by atoms with Gasteiger partial charge in [0.25, 0.3) is 0 Å². The Morgan fingerprint density at radius 1 is 1.14 bits per heavy atom. The van der Waals surface area contributed by atoms with E-state index in [1.807, 2.05) is 38.1 Å². The van der Waals surface area contributed by atoms with Gasteiger partial charge in [0.05, 0.1) is 17.7 Å². The maximum atomic E-state index is 9.00. The van der Waals surface area contributed by atoms with Crippen molar-refractivity contribution in [3.8, 4) is 6.07 Å². The number of rotatable bonds is 2. The van der Waals surface area contributed by atoms with Gasteiger partial charge in [-0.25, -0.2) is 0 Å². The molecule has 0 radical (unpaired) electrons. The van der Waals surface area contributed by atoms with E-state index in [-0.39, 0.29) is 6.04 Å².